The number of guanidine groups is 1. The van der Waals surface area contributed by atoms with E-state index in [9.17, 15) is 4.39 Å². The molecule has 2 N–H and O–H groups in total. The first-order valence-electron chi connectivity index (χ1n) is 11.0. The standard InChI is InChI=1S/C23H35FN6O/c1-6-25-23(26-14-20-16(2)28-29(4)17(20)3)27-19-9-11-30(12-10-19)15-18-7-8-22(31-5)21(24)13-18/h7-8,13,19H,6,9-12,14-15H2,1-5H3,(H2,25,26,27). The van der Waals surface area contributed by atoms with Gasteiger partial charge in [-0.2, -0.15) is 5.10 Å². The number of nitrogens with one attached hydrogen (secondary N) is 2. The molecule has 170 valence electrons. The van der Waals surface area contributed by atoms with E-state index in [1.54, 1.807) is 12.1 Å². The Hall–Kier alpha value is -2.61. The van der Waals surface area contributed by atoms with Gasteiger partial charge in [-0.3, -0.25) is 9.58 Å². The lowest BCUT2D eigenvalue weighted by Gasteiger charge is -2.33. The van der Waals surface area contributed by atoms with Crippen LogP contribution in [0.2, 0.25) is 0 Å². The van der Waals surface area contributed by atoms with Crippen molar-refractivity contribution < 1.29 is 9.13 Å². The average Bonchev–Trinajstić information content (AvgIpc) is 2.99. The maximum absolute atomic E-state index is 14.0. The molecule has 1 aliphatic rings. The Bertz CT molecular complexity index is 902. The predicted molar refractivity (Wildman–Crippen MR) is 122 cm³/mol. The van der Waals surface area contributed by atoms with Crippen molar-refractivity contribution in [3.8, 4) is 5.75 Å². The molecule has 0 radical (unpaired) electrons. The van der Waals surface area contributed by atoms with Crippen LogP contribution >= 0.6 is 0 Å². The number of hydrogen-bond acceptors (Lipinski definition) is 4. The van der Waals surface area contributed by atoms with Crippen molar-refractivity contribution in [2.24, 2.45) is 12.0 Å². The van der Waals surface area contributed by atoms with Crippen molar-refractivity contribution in [3.63, 3.8) is 0 Å². The third-order valence-electron chi connectivity index (χ3n) is 5.95. The summed E-state index contributed by atoms with van der Waals surface area (Å²) in [5, 5.41) is 11.4. The number of methoxy groups -OCH3 is 1. The number of benzene rings is 1. The number of halogens is 1. The maximum atomic E-state index is 14.0. The molecule has 7 nitrogen and oxygen atoms in total. The summed E-state index contributed by atoms with van der Waals surface area (Å²) in [6.45, 7) is 10.3. The summed E-state index contributed by atoms with van der Waals surface area (Å²) in [6, 6.07) is 5.58. The number of piperidine rings is 1. The summed E-state index contributed by atoms with van der Waals surface area (Å²) in [5.41, 5.74) is 4.34. The molecule has 0 unspecified atom stereocenters. The van der Waals surface area contributed by atoms with E-state index in [0.717, 1.165) is 61.9 Å². The fraction of sp³-hybridized carbons (Fsp3) is 0.565. The molecule has 3 rings (SSSR count). The lowest BCUT2D eigenvalue weighted by atomic mass is 10.0. The third-order valence-corrected chi connectivity index (χ3v) is 5.95. The molecule has 0 aliphatic carbocycles. The molecule has 2 aromatic rings. The molecular formula is C23H35FN6O. The van der Waals surface area contributed by atoms with Crippen molar-refractivity contribution in [1.29, 1.82) is 0 Å². The highest BCUT2D eigenvalue weighted by Gasteiger charge is 2.20. The summed E-state index contributed by atoms with van der Waals surface area (Å²) in [7, 11) is 3.45. The van der Waals surface area contributed by atoms with E-state index in [0.29, 0.717) is 18.3 Å². The number of rotatable bonds is 7. The van der Waals surface area contributed by atoms with Gasteiger partial charge in [0, 0.05) is 50.5 Å². The van der Waals surface area contributed by atoms with Gasteiger partial charge in [0.15, 0.2) is 17.5 Å². The van der Waals surface area contributed by atoms with E-state index in [-0.39, 0.29) is 5.82 Å². The molecule has 2 heterocycles. The number of aryl methyl sites for hydroxylation is 2. The summed E-state index contributed by atoms with van der Waals surface area (Å²) in [6.07, 6.45) is 2.04. The lowest BCUT2D eigenvalue weighted by Crippen LogP contribution is -2.48. The largest absolute Gasteiger partial charge is 0.494 e. The van der Waals surface area contributed by atoms with Crippen LogP contribution in [-0.4, -0.2) is 53.4 Å². The Kier molecular flexibility index (Phi) is 7.90. The van der Waals surface area contributed by atoms with Gasteiger partial charge < -0.3 is 15.4 Å². The van der Waals surface area contributed by atoms with Crippen molar-refractivity contribution in [1.82, 2.24) is 25.3 Å². The van der Waals surface area contributed by atoms with Crippen LogP contribution in [0.1, 0.15) is 42.3 Å². The Morgan fingerprint density at radius 2 is 2.03 bits per heavy atom. The van der Waals surface area contributed by atoms with Gasteiger partial charge in [0.1, 0.15) is 0 Å². The summed E-state index contributed by atoms with van der Waals surface area (Å²) in [5.74, 6) is 0.835. The maximum Gasteiger partial charge on any atom is 0.191 e. The van der Waals surface area contributed by atoms with Crippen molar-refractivity contribution in [3.05, 3.63) is 46.5 Å². The average molecular weight is 431 g/mol. The molecule has 8 heteroatoms. The molecule has 0 atom stereocenters. The van der Waals surface area contributed by atoms with Gasteiger partial charge in [0.05, 0.1) is 19.3 Å². The second-order valence-electron chi connectivity index (χ2n) is 8.13. The van der Waals surface area contributed by atoms with Gasteiger partial charge in [-0.15, -0.1) is 0 Å². The third kappa shape index (κ3) is 5.97. The molecule has 1 saturated heterocycles. The summed E-state index contributed by atoms with van der Waals surface area (Å²) < 4.78 is 20.9. The predicted octanol–water partition coefficient (Wildman–Crippen LogP) is 2.90. The first kappa shape index (κ1) is 23.1. The molecule has 1 aliphatic heterocycles. The minimum absolute atomic E-state index is 0.290. The van der Waals surface area contributed by atoms with Gasteiger partial charge in [0.25, 0.3) is 0 Å². The molecule has 0 bridgehead atoms. The SMILES string of the molecule is CCNC(=NCc1c(C)nn(C)c1C)NC1CCN(Cc2ccc(OC)c(F)c2)CC1. The monoisotopic (exact) mass is 430 g/mol. The van der Waals surface area contributed by atoms with Crippen LogP contribution in [0.5, 0.6) is 5.75 Å². The molecule has 0 saturated carbocycles. The van der Waals surface area contributed by atoms with E-state index in [4.69, 9.17) is 9.73 Å². The summed E-state index contributed by atoms with van der Waals surface area (Å²) in [4.78, 5) is 7.17. The van der Waals surface area contributed by atoms with Crippen LogP contribution < -0.4 is 15.4 Å². The van der Waals surface area contributed by atoms with E-state index in [1.807, 2.05) is 24.7 Å². The van der Waals surface area contributed by atoms with E-state index < -0.39 is 0 Å². The number of aliphatic imine (C=N–C) groups is 1. The van der Waals surface area contributed by atoms with Gasteiger partial charge in [-0.25, -0.2) is 9.38 Å². The minimum atomic E-state index is -0.304. The topological polar surface area (TPSA) is 66.7 Å². The van der Waals surface area contributed by atoms with Crippen molar-refractivity contribution in [2.45, 2.75) is 52.7 Å². The second kappa shape index (κ2) is 10.6. The zero-order valence-corrected chi connectivity index (χ0v) is 19.3. The number of likely N-dealkylation sites (tertiary alicyclic amines) is 1. The molecule has 1 fully saturated rings. The Labute approximate surface area is 184 Å². The van der Waals surface area contributed by atoms with Gasteiger partial charge >= 0.3 is 0 Å². The molecule has 0 amide bonds. The van der Waals surface area contributed by atoms with E-state index in [2.05, 4.69) is 34.5 Å². The Morgan fingerprint density at radius 1 is 1.29 bits per heavy atom. The first-order chi connectivity index (χ1) is 14.9. The van der Waals surface area contributed by atoms with Crippen LogP contribution in [-0.2, 0) is 20.1 Å². The quantitative estimate of drug-likeness (QED) is 0.522. The van der Waals surface area contributed by atoms with Crippen LogP contribution in [0, 0.1) is 19.7 Å². The zero-order chi connectivity index (χ0) is 22.4. The Balaban J connectivity index is 1.53. The van der Waals surface area contributed by atoms with E-state index >= 15 is 0 Å². The minimum Gasteiger partial charge on any atom is -0.494 e. The molecule has 0 spiro atoms. The smallest absolute Gasteiger partial charge is 0.191 e. The van der Waals surface area contributed by atoms with Crippen LogP contribution in [0.25, 0.3) is 0 Å². The highest BCUT2D eigenvalue weighted by molar-refractivity contribution is 5.80. The van der Waals surface area contributed by atoms with Crippen LogP contribution in [0.4, 0.5) is 4.39 Å². The number of nitrogens with zero attached hydrogens (tertiary/aromatic N) is 4. The van der Waals surface area contributed by atoms with E-state index in [1.165, 1.54) is 12.7 Å². The molecule has 1 aromatic carbocycles. The lowest BCUT2D eigenvalue weighted by molar-refractivity contribution is 0.198. The number of ether oxygens (including phenoxy) is 1. The summed E-state index contributed by atoms with van der Waals surface area (Å²) >= 11 is 0. The number of hydrogen-bond donors (Lipinski definition) is 2. The second-order valence-corrected chi connectivity index (χ2v) is 8.13. The molecule has 1 aromatic heterocycles. The normalized spacial score (nSPS) is 15.9. The highest BCUT2D eigenvalue weighted by Crippen LogP contribution is 2.20. The molecule has 31 heavy (non-hydrogen) atoms. The fourth-order valence-corrected chi connectivity index (χ4v) is 4.02. The molecular weight excluding hydrogens is 395 g/mol. The zero-order valence-electron chi connectivity index (χ0n) is 19.3. The van der Waals surface area contributed by atoms with Gasteiger partial charge in [-0.05, 0) is 51.3 Å². The van der Waals surface area contributed by atoms with Crippen LogP contribution in [0.3, 0.4) is 0 Å². The fourth-order valence-electron chi connectivity index (χ4n) is 4.02. The number of aromatic nitrogens is 2. The first-order valence-corrected chi connectivity index (χ1v) is 11.0. The van der Waals surface area contributed by atoms with Gasteiger partial charge in [0.2, 0.25) is 0 Å². The van der Waals surface area contributed by atoms with Crippen molar-refractivity contribution in [2.75, 3.05) is 26.7 Å². The van der Waals surface area contributed by atoms with Gasteiger partial charge in [-0.1, -0.05) is 6.07 Å². The van der Waals surface area contributed by atoms with Crippen molar-refractivity contribution >= 4 is 5.96 Å². The highest BCUT2D eigenvalue weighted by atomic mass is 19.1. The Morgan fingerprint density at radius 3 is 2.61 bits per heavy atom. The van der Waals surface area contributed by atoms with Crippen LogP contribution in [0.15, 0.2) is 23.2 Å².